The van der Waals surface area contributed by atoms with Gasteiger partial charge in [0.05, 0.1) is 25.7 Å². The highest BCUT2D eigenvalue weighted by atomic mass is 16.7. The predicted molar refractivity (Wildman–Crippen MR) is 178 cm³/mol. The highest BCUT2D eigenvalue weighted by molar-refractivity contribution is 5.73. The third-order valence-corrected chi connectivity index (χ3v) is 15.5. The molecule has 0 amide bonds. The zero-order valence-corrected chi connectivity index (χ0v) is 30.6. The van der Waals surface area contributed by atoms with Gasteiger partial charge in [0.1, 0.15) is 36.6 Å². The molecule has 278 valence electrons. The lowest BCUT2D eigenvalue weighted by molar-refractivity contribution is -0.349. The van der Waals surface area contributed by atoms with E-state index < -0.39 is 83.6 Å². The number of carboxylic acids is 1. The van der Waals surface area contributed by atoms with E-state index in [1.165, 1.54) is 12.5 Å². The van der Waals surface area contributed by atoms with Gasteiger partial charge in [0.15, 0.2) is 6.29 Å². The number of carbonyl (C=O) groups is 2. The fourth-order valence-electron chi connectivity index (χ4n) is 12.5. The number of allylic oxidation sites excluding steroid dienone is 1. The van der Waals surface area contributed by atoms with Crippen LogP contribution in [0.15, 0.2) is 11.6 Å². The summed E-state index contributed by atoms with van der Waals surface area (Å²) in [6, 6.07) is 0. The van der Waals surface area contributed by atoms with E-state index in [0.29, 0.717) is 32.0 Å². The van der Waals surface area contributed by atoms with Crippen LogP contribution in [0.2, 0.25) is 0 Å². The monoisotopic (exact) mass is 692 g/mol. The van der Waals surface area contributed by atoms with Crippen LogP contribution in [0.1, 0.15) is 93.9 Å². The second kappa shape index (κ2) is 12.5. The van der Waals surface area contributed by atoms with Crippen molar-refractivity contribution >= 4 is 11.9 Å². The molecular formula is C38H60O11. The Morgan fingerprint density at radius 3 is 2.29 bits per heavy atom. The van der Waals surface area contributed by atoms with Crippen LogP contribution in [0.3, 0.4) is 0 Å². The number of carbonyl (C=O) groups excluding carboxylic acids is 1. The summed E-state index contributed by atoms with van der Waals surface area (Å²) in [6.07, 6.45) is -1.86. The number of ether oxygens (including phenoxy) is 4. The Bertz CT molecular complexity index is 1330. The van der Waals surface area contributed by atoms with E-state index in [4.69, 9.17) is 18.9 Å². The molecule has 11 heteroatoms. The summed E-state index contributed by atoms with van der Waals surface area (Å²) in [5.41, 5.74) is -0.955. The van der Waals surface area contributed by atoms with Crippen LogP contribution in [0.4, 0.5) is 0 Å². The van der Waals surface area contributed by atoms with Gasteiger partial charge in [-0.25, -0.2) is 0 Å². The molecule has 2 aliphatic heterocycles. The Labute approximate surface area is 290 Å². The second-order valence-electron chi connectivity index (χ2n) is 18.0. The molecule has 5 fully saturated rings. The lowest BCUT2D eigenvalue weighted by atomic mass is 9.34. The van der Waals surface area contributed by atoms with Crippen molar-refractivity contribution in [1.82, 2.24) is 0 Å². The van der Waals surface area contributed by atoms with Crippen molar-refractivity contribution in [2.24, 2.45) is 56.7 Å². The molecule has 0 aromatic heterocycles. The summed E-state index contributed by atoms with van der Waals surface area (Å²) in [5, 5.41) is 52.6. The zero-order chi connectivity index (χ0) is 36.1. The third-order valence-electron chi connectivity index (χ3n) is 15.5. The van der Waals surface area contributed by atoms with Gasteiger partial charge in [-0.15, -0.1) is 0 Å². The first-order valence-corrected chi connectivity index (χ1v) is 18.5. The summed E-state index contributed by atoms with van der Waals surface area (Å²) < 4.78 is 24.8. The molecule has 11 nitrogen and oxygen atoms in total. The molecule has 16 atom stereocenters. The molecule has 0 aromatic rings. The Morgan fingerprint density at radius 2 is 1.67 bits per heavy atom. The van der Waals surface area contributed by atoms with E-state index in [9.17, 15) is 35.1 Å². The van der Waals surface area contributed by atoms with E-state index in [0.717, 1.165) is 25.7 Å². The summed E-state index contributed by atoms with van der Waals surface area (Å²) >= 11 is 0. The molecule has 4 aliphatic carbocycles. The number of aliphatic hydroxyl groups is 4. The first-order valence-electron chi connectivity index (χ1n) is 18.5. The molecule has 0 radical (unpaired) electrons. The third kappa shape index (κ3) is 5.22. The fraction of sp³-hybridized carbons (Fsp3) is 0.895. The number of aliphatic carboxylic acids is 1. The highest BCUT2D eigenvalue weighted by Crippen LogP contribution is 2.75. The fourth-order valence-corrected chi connectivity index (χ4v) is 12.5. The van der Waals surface area contributed by atoms with E-state index in [1.807, 2.05) is 0 Å². The summed E-state index contributed by atoms with van der Waals surface area (Å²) in [7, 11) is 0. The van der Waals surface area contributed by atoms with Crippen LogP contribution in [-0.2, 0) is 28.5 Å². The van der Waals surface area contributed by atoms with Crippen molar-refractivity contribution in [3.8, 4) is 0 Å². The number of rotatable bonds is 7. The number of hydrogen-bond acceptors (Lipinski definition) is 10. The molecule has 6 aliphatic rings. The summed E-state index contributed by atoms with van der Waals surface area (Å²) in [6.45, 7) is 17.0. The molecule has 2 bridgehead atoms. The highest BCUT2D eigenvalue weighted by Gasteiger charge is 2.72. The molecule has 2 saturated heterocycles. The molecule has 49 heavy (non-hydrogen) atoms. The average molecular weight is 693 g/mol. The van der Waals surface area contributed by atoms with Crippen LogP contribution < -0.4 is 0 Å². The SMILES string of the molecule is CC(=O)O[C@@H]1C[C@@]23COCC(C)([C@H]1O[C@@H]1O[C@H](CO)[C@@H](O)[C@H](O)[C@H]1O)[C@@H]2CC[C@H]1C3=CC[C@@]2(C)[C@H](C(=O)O)[C@@](C)([C@H](C)C(C)C)CC[C@]12C. The molecule has 1 unspecified atom stereocenters. The Morgan fingerprint density at radius 1 is 0.980 bits per heavy atom. The zero-order valence-electron chi connectivity index (χ0n) is 30.6. The Kier molecular flexibility index (Phi) is 9.50. The van der Waals surface area contributed by atoms with Crippen molar-refractivity contribution in [2.45, 2.75) is 137 Å². The van der Waals surface area contributed by atoms with Crippen molar-refractivity contribution in [1.29, 1.82) is 0 Å². The number of hydrogen-bond donors (Lipinski definition) is 5. The normalized spacial score (nSPS) is 51.5. The molecule has 2 heterocycles. The largest absolute Gasteiger partial charge is 0.481 e. The van der Waals surface area contributed by atoms with Gasteiger partial charge in [0.2, 0.25) is 0 Å². The van der Waals surface area contributed by atoms with Gasteiger partial charge in [0, 0.05) is 17.8 Å². The van der Waals surface area contributed by atoms with Crippen LogP contribution >= 0.6 is 0 Å². The van der Waals surface area contributed by atoms with Crippen molar-refractivity contribution in [3.63, 3.8) is 0 Å². The summed E-state index contributed by atoms with van der Waals surface area (Å²) in [5.74, 6) is -0.879. The van der Waals surface area contributed by atoms with Crippen LogP contribution in [0.5, 0.6) is 0 Å². The van der Waals surface area contributed by atoms with Gasteiger partial charge in [-0.05, 0) is 78.4 Å². The molecule has 3 saturated carbocycles. The topological polar surface area (TPSA) is 172 Å². The number of fused-ring (bicyclic) bond motifs is 3. The van der Waals surface area contributed by atoms with Crippen molar-refractivity contribution in [2.75, 3.05) is 19.8 Å². The predicted octanol–water partition coefficient (Wildman–Crippen LogP) is 3.69. The van der Waals surface area contributed by atoms with Crippen LogP contribution in [0, 0.1) is 56.7 Å². The molecule has 0 spiro atoms. The second-order valence-corrected chi connectivity index (χ2v) is 18.0. The van der Waals surface area contributed by atoms with Crippen molar-refractivity contribution < 1.29 is 54.1 Å². The first-order chi connectivity index (χ1) is 22.8. The average Bonchev–Trinajstić information content (AvgIpc) is 3.02. The number of esters is 1. The van der Waals surface area contributed by atoms with E-state index in [2.05, 4.69) is 54.5 Å². The van der Waals surface area contributed by atoms with Gasteiger partial charge in [0.25, 0.3) is 0 Å². The smallest absolute Gasteiger partial charge is 0.307 e. The molecule has 0 aromatic carbocycles. The lowest BCUT2D eigenvalue weighted by Gasteiger charge is -2.71. The maximum atomic E-state index is 13.4. The first kappa shape index (κ1) is 37.2. The minimum Gasteiger partial charge on any atom is -0.481 e. The lowest BCUT2D eigenvalue weighted by Crippen LogP contribution is -2.71. The molecule has 6 rings (SSSR count). The van der Waals surface area contributed by atoms with E-state index in [-0.39, 0.29) is 28.6 Å². The van der Waals surface area contributed by atoms with E-state index >= 15 is 0 Å². The van der Waals surface area contributed by atoms with E-state index in [1.54, 1.807) is 0 Å². The Hall–Kier alpha value is -1.60. The maximum Gasteiger partial charge on any atom is 0.307 e. The standard InChI is InChI=1S/C38H60O11/c1-19(2)20(3)34(5)13-14-36(7)22-9-10-26-35(6)17-46-18-38(26,23(22)11-12-37(36,8)30(34)32(44)45)15-24(47-21(4)40)31(35)49-33-29(43)28(42)27(41)25(16-39)48-33/h11,19-20,22,24-31,33,39,41-43H,9-10,12-18H2,1-8H3,(H,44,45)/t20-,22+,24-,25-,26+,27-,28+,29-,30-,31+,33+,34-,35?,36-,37+,38+/m1/s1. The minimum absolute atomic E-state index is 0.0657. The maximum absolute atomic E-state index is 13.4. The van der Waals surface area contributed by atoms with Gasteiger partial charge in [-0.3, -0.25) is 9.59 Å². The van der Waals surface area contributed by atoms with Gasteiger partial charge in [-0.2, -0.15) is 0 Å². The molecule has 5 N–H and O–H groups in total. The van der Waals surface area contributed by atoms with Crippen LogP contribution in [0.25, 0.3) is 0 Å². The Balaban J connectivity index is 1.40. The van der Waals surface area contributed by atoms with Crippen molar-refractivity contribution in [3.05, 3.63) is 11.6 Å². The van der Waals surface area contributed by atoms with Crippen LogP contribution in [-0.4, -0.2) is 100 Å². The quantitative estimate of drug-likeness (QED) is 0.150. The molecular weight excluding hydrogens is 632 g/mol. The summed E-state index contributed by atoms with van der Waals surface area (Å²) in [4.78, 5) is 26.0. The number of carboxylic acid groups (broad SMARTS) is 1. The number of aliphatic hydroxyl groups excluding tert-OH is 4. The minimum atomic E-state index is -1.60. The van der Waals surface area contributed by atoms with Gasteiger partial charge in [-0.1, -0.05) is 60.1 Å². The van der Waals surface area contributed by atoms with Gasteiger partial charge < -0.3 is 44.5 Å². The van der Waals surface area contributed by atoms with Gasteiger partial charge >= 0.3 is 11.9 Å².